The molecule has 1 amide bonds. The van der Waals surface area contributed by atoms with Crippen molar-refractivity contribution in [3.63, 3.8) is 0 Å². The van der Waals surface area contributed by atoms with Gasteiger partial charge in [0.1, 0.15) is 10.8 Å². The Morgan fingerprint density at radius 2 is 2.19 bits per heavy atom. The maximum atomic E-state index is 12.4. The number of rotatable bonds is 8. The van der Waals surface area contributed by atoms with E-state index in [1.165, 1.54) is 11.8 Å². The minimum atomic E-state index is -0.557. The van der Waals surface area contributed by atoms with Gasteiger partial charge in [-0.1, -0.05) is 5.16 Å². The lowest BCUT2D eigenvalue weighted by Gasteiger charge is -2.13. The maximum absolute atomic E-state index is 12.4. The molecular formula is C19H23N3O4S. The lowest BCUT2D eigenvalue weighted by Crippen LogP contribution is -2.37. The number of aromatic nitrogens is 2. The van der Waals surface area contributed by atoms with Crippen LogP contribution in [0.1, 0.15) is 47.1 Å². The van der Waals surface area contributed by atoms with Gasteiger partial charge in [0.2, 0.25) is 0 Å². The summed E-state index contributed by atoms with van der Waals surface area (Å²) in [6.07, 6.45) is 3.90. The highest BCUT2D eigenvalue weighted by Gasteiger charge is 2.29. The van der Waals surface area contributed by atoms with Crippen LogP contribution < -0.4 is 5.32 Å². The van der Waals surface area contributed by atoms with Crippen LogP contribution in [0.15, 0.2) is 27.9 Å². The fraction of sp³-hybridized carbons (Fsp3) is 0.474. The zero-order chi connectivity index (χ0) is 19.4. The molecule has 0 radical (unpaired) electrons. The number of hydrogen-bond donors (Lipinski definition) is 1. The summed E-state index contributed by atoms with van der Waals surface area (Å²) in [4.78, 5) is 28.6. The summed E-state index contributed by atoms with van der Waals surface area (Å²) in [6, 6.07) is 3.44. The molecule has 1 saturated carbocycles. The number of thioether (sulfide) groups is 1. The molecule has 3 rings (SSSR count). The Hall–Kier alpha value is -2.35. The molecule has 0 saturated heterocycles. The van der Waals surface area contributed by atoms with E-state index in [0.29, 0.717) is 22.3 Å². The van der Waals surface area contributed by atoms with Gasteiger partial charge in [-0.15, -0.1) is 11.8 Å². The van der Waals surface area contributed by atoms with E-state index in [9.17, 15) is 9.59 Å². The van der Waals surface area contributed by atoms with E-state index in [4.69, 9.17) is 9.26 Å². The number of nitrogens with zero attached hydrogens (tertiary/aromatic N) is 2. The molecule has 27 heavy (non-hydrogen) atoms. The predicted octanol–water partition coefficient (Wildman–Crippen LogP) is 3.05. The smallest absolute Gasteiger partial charge is 0.341 e. The van der Waals surface area contributed by atoms with E-state index in [1.807, 2.05) is 20.8 Å². The van der Waals surface area contributed by atoms with Crippen molar-refractivity contribution in [1.82, 2.24) is 15.5 Å². The molecule has 1 aliphatic rings. The second-order valence-electron chi connectivity index (χ2n) is 6.72. The molecule has 0 bridgehead atoms. The summed E-state index contributed by atoms with van der Waals surface area (Å²) in [5, 5.41) is 7.35. The van der Waals surface area contributed by atoms with Gasteiger partial charge in [0.15, 0.2) is 6.61 Å². The Morgan fingerprint density at radius 3 is 2.85 bits per heavy atom. The first-order chi connectivity index (χ1) is 13.0. The SMILES string of the molecule is Cc1noc(C)c1CSc1ncccc1C(=O)OCC(=O)N[C@@H](C)C1CC1. The molecule has 2 aromatic rings. The average Bonchev–Trinajstić information content (AvgIpc) is 3.45. The molecule has 2 aromatic heterocycles. The van der Waals surface area contributed by atoms with E-state index in [0.717, 1.165) is 29.9 Å². The van der Waals surface area contributed by atoms with Crippen molar-refractivity contribution < 1.29 is 18.8 Å². The third-order valence-electron chi connectivity index (χ3n) is 4.58. The van der Waals surface area contributed by atoms with Crippen molar-refractivity contribution in [3.8, 4) is 0 Å². The summed E-state index contributed by atoms with van der Waals surface area (Å²) in [6.45, 7) is 5.41. The van der Waals surface area contributed by atoms with Crippen LogP contribution in [0.4, 0.5) is 0 Å². The van der Waals surface area contributed by atoms with Gasteiger partial charge in [-0.25, -0.2) is 9.78 Å². The number of amides is 1. The zero-order valence-corrected chi connectivity index (χ0v) is 16.5. The highest BCUT2D eigenvalue weighted by Crippen LogP contribution is 2.32. The standard InChI is InChI=1S/C19H23N3O4S/c1-11(14-6-7-14)21-17(23)9-25-19(24)15-5-4-8-20-18(15)27-10-16-12(2)22-26-13(16)3/h4-5,8,11,14H,6-7,9-10H2,1-3H3,(H,21,23)/t11-/m0/s1. The quantitative estimate of drug-likeness (QED) is 0.548. The van der Waals surface area contributed by atoms with Gasteiger partial charge >= 0.3 is 5.97 Å². The summed E-state index contributed by atoms with van der Waals surface area (Å²) in [7, 11) is 0. The summed E-state index contributed by atoms with van der Waals surface area (Å²) >= 11 is 1.41. The molecule has 8 heteroatoms. The Morgan fingerprint density at radius 1 is 1.41 bits per heavy atom. The lowest BCUT2D eigenvalue weighted by molar-refractivity contribution is -0.125. The second-order valence-corrected chi connectivity index (χ2v) is 7.68. The summed E-state index contributed by atoms with van der Waals surface area (Å²) in [5.41, 5.74) is 2.15. The Balaban J connectivity index is 1.57. The molecular weight excluding hydrogens is 366 g/mol. The van der Waals surface area contributed by atoms with Gasteiger partial charge in [0.05, 0.1) is 11.3 Å². The number of hydrogen-bond acceptors (Lipinski definition) is 7. The molecule has 1 atom stereocenters. The largest absolute Gasteiger partial charge is 0.452 e. The number of ether oxygens (including phenoxy) is 1. The van der Waals surface area contributed by atoms with Crippen molar-refractivity contribution in [3.05, 3.63) is 40.9 Å². The summed E-state index contributed by atoms with van der Waals surface area (Å²) < 4.78 is 10.3. The monoisotopic (exact) mass is 389 g/mol. The third-order valence-corrected chi connectivity index (χ3v) is 5.61. The number of carbonyl (C=O) groups excluding carboxylic acids is 2. The van der Waals surface area contributed by atoms with Gasteiger partial charge in [0, 0.05) is 23.6 Å². The van der Waals surface area contributed by atoms with Crippen molar-refractivity contribution in [2.75, 3.05) is 6.61 Å². The first-order valence-corrected chi connectivity index (χ1v) is 9.90. The lowest BCUT2D eigenvalue weighted by atomic mass is 10.2. The van der Waals surface area contributed by atoms with Crippen molar-refractivity contribution in [2.24, 2.45) is 5.92 Å². The topological polar surface area (TPSA) is 94.3 Å². The Labute approximate surface area is 162 Å². The van der Waals surface area contributed by atoms with E-state index in [1.54, 1.807) is 18.3 Å². The fourth-order valence-corrected chi connectivity index (χ4v) is 3.86. The van der Waals surface area contributed by atoms with Gasteiger partial charge in [-0.2, -0.15) is 0 Å². The molecule has 0 spiro atoms. The van der Waals surface area contributed by atoms with Crippen LogP contribution in [0.2, 0.25) is 0 Å². The Kier molecular flexibility index (Phi) is 6.15. The third kappa shape index (κ3) is 5.09. The number of aryl methyl sites for hydroxylation is 2. The van der Waals surface area contributed by atoms with Crippen molar-refractivity contribution in [2.45, 2.75) is 50.4 Å². The molecule has 1 fully saturated rings. The van der Waals surface area contributed by atoms with Crippen molar-refractivity contribution in [1.29, 1.82) is 0 Å². The highest BCUT2D eigenvalue weighted by atomic mass is 32.2. The number of carbonyl (C=O) groups is 2. The molecule has 7 nitrogen and oxygen atoms in total. The molecule has 0 aliphatic heterocycles. The van der Waals surface area contributed by atoms with Crippen LogP contribution in [0, 0.1) is 19.8 Å². The molecule has 144 valence electrons. The van der Waals surface area contributed by atoms with Crippen molar-refractivity contribution >= 4 is 23.6 Å². The minimum Gasteiger partial charge on any atom is -0.452 e. The normalized spacial score (nSPS) is 14.6. The predicted molar refractivity (Wildman–Crippen MR) is 100 cm³/mol. The van der Waals surface area contributed by atoms with Gasteiger partial charge < -0.3 is 14.6 Å². The van der Waals surface area contributed by atoms with Crippen LogP contribution in [0.3, 0.4) is 0 Å². The molecule has 1 N–H and O–H groups in total. The van der Waals surface area contributed by atoms with Crippen LogP contribution in [-0.2, 0) is 15.3 Å². The molecule has 2 heterocycles. The van der Waals surface area contributed by atoms with Gasteiger partial charge in [-0.05, 0) is 51.7 Å². The number of pyridine rings is 1. The molecule has 1 aliphatic carbocycles. The highest BCUT2D eigenvalue weighted by molar-refractivity contribution is 7.98. The summed E-state index contributed by atoms with van der Waals surface area (Å²) in [5.74, 6) is 1.05. The fourth-order valence-electron chi connectivity index (χ4n) is 2.73. The first kappa shape index (κ1) is 19.4. The average molecular weight is 389 g/mol. The first-order valence-electron chi connectivity index (χ1n) is 8.91. The Bertz CT molecular complexity index is 813. The van der Waals surface area contributed by atoms with E-state index >= 15 is 0 Å². The molecule has 0 aromatic carbocycles. The van der Waals surface area contributed by atoms with Gasteiger partial charge in [0.25, 0.3) is 5.91 Å². The van der Waals surface area contributed by atoms with Crippen LogP contribution in [0.5, 0.6) is 0 Å². The molecule has 0 unspecified atom stereocenters. The van der Waals surface area contributed by atoms with Crippen LogP contribution in [-0.4, -0.2) is 34.7 Å². The van der Waals surface area contributed by atoms with Gasteiger partial charge in [-0.3, -0.25) is 4.79 Å². The van der Waals surface area contributed by atoms with Crippen LogP contribution >= 0.6 is 11.8 Å². The maximum Gasteiger partial charge on any atom is 0.341 e. The minimum absolute atomic E-state index is 0.121. The second kappa shape index (κ2) is 8.56. The van der Waals surface area contributed by atoms with E-state index < -0.39 is 5.97 Å². The van der Waals surface area contributed by atoms with Crippen LogP contribution in [0.25, 0.3) is 0 Å². The zero-order valence-electron chi connectivity index (χ0n) is 15.7. The van der Waals surface area contributed by atoms with E-state index in [-0.39, 0.29) is 18.6 Å². The van der Waals surface area contributed by atoms with E-state index in [2.05, 4.69) is 15.5 Å². The number of nitrogens with one attached hydrogen (secondary N) is 1. The number of esters is 1.